The molecular weight excluding hydrogens is 368 g/mol. The van der Waals surface area contributed by atoms with E-state index in [1.54, 1.807) is 0 Å². The van der Waals surface area contributed by atoms with Crippen LogP contribution < -0.4 is 10.1 Å². The zero-order chi connectivity index (χ0) is 18.4. The molecule has 24 heavy (non-hydrogen) atoms. The minimum atomic E-state index is -5.38. The van der Waals surface area contributed by atoms with Crippen LogP contribution in [0.1, 0.15) is 12.0 Å². The minimum Gasteiger partial charge on any atom is -0.744 e. The van der Waals surface area contributed by atoms with E-state index in [0.717, 1.165) is 0 Å². The van der Waals surface area contributed by atoms with Gasteiger partial charge >= 0.3 is 0 Å². The van der Waals surface area contributed by atoms with E-state index in [4.69, 9.17) is 0 Å². The summed E-state index contributed by atoms with van der Waals surface area (Å²) < 4.78 is 67.1. The number of benzene rings is 1. The van der Waals surface area contributed by atoms with Gasteiger partial charge in [0, 0.05) is 0 Å². The van der Waals surface area contributed by atoms with Crippen molar-refractivity contribution in [3.63, 3.8) is 0 Å². The molecule has 0 aliphatic carbocycles. The Kier molecular flexibility index (Phi) is 4.22. The van der Waals surface area contributed by atoms with Crippen LogP contribution in [0.2, 0.25) is 0 Å². The molecule has 11 nitrogen and oxygen atoms in total. The predicted molar refractivity (Wildman–Crippen MR) is 71.7 cm³/mol. The highest BCUT2D eigenvalue weighted by molar-refractivity contribution is 7.89. The van der Waals surface area contributed by atoms with Crippen molar-refractivity contribution in [2.24, 2.45) is 5.10 Å². The molecule has 0 fully saturated rings. The van der Waals surface area contributed by atoms with Crippen LogP contribution >= 0.6 is 0 Å². The number of hydrazone groups is 1. The maximum atomic E-state index is 11.8. The van der Waals surface area contributed by atoms with Gasteiger partial charge in [0.1, 0.15) is 20.2 Å². The molecule has 1 aliphatic rings. The van der Waals surface area contributed by atoms with Crippen LogP contribution in [0, 0.1) is 6.92 Å². The van der Waals surface area contributed by atoms with Crippen molar-refractivity contribution >= 4 is 43.5 Å². The van der Waals surface area contributed by atoms with Crippen LogP contribution in [0.25, 0.3) is 0 Å². The second kappa shape index (κ2) is 5.62. The molecule has 0 N–H and O–H groups in total. The Labute approximate surface area is 135 Å². The van der Waals surface area contributed by atoms with E-state index < -0.39 is 54.0 Å². The summed E-state index contributed by atoms with van der Waals surface area (Å²) in [5.41, 5.74) is -1.07. The number of nitrogens with zero attached hydrogens (tertiary/aromatic N) is 2. The maximum Gasteiger partial charge on any atom is 0.253 e. The van der Waals surface area contributed by atoms with Crippen LogP contribution in [-0.2, 0) is 29.8 Å². The van der Waals surface area contributed by atoms with Crippen molar-refractivity contribution in [1.29, 1.82) is 0 Å². The van der Waals surface area contributed by atoms with Crippen LogP contribution in [0.15, 0.2) is 27.0 Å². The monoisotopic (exact) mass is 375 g/mol. The molecule has 130 valence electrons. The summed E-state index contributed by atoms with van der Waals surface area (Å²) in [5.74, 6) is -2.59. The van der Waals surface area contributed by atoms with Gasteiger partial charge in [-0.3, -0.25) is 4.79 Å². The third-order valence-corrected chi connectivity index (χ3v) is 4.92. The van der Waals surface area contributed by atoms with Crippen LogP contribution in [0.3, 0.4) is 0 Å². The van der Waals surface area contributed by atoms with Gasteiger partial charge in [0.2, 0.25) is 0 Å². The van der Waals surface area contributed by atoms with Gasteiger partial charge in [0.05, 0.1) is 33.6 Å². The first-order chi connectivity index (χ1) is 10.8. The highest BCUT2D eigenvalue weighted by Gasteiger charge is 2.29. The SMILES string of the molecule is Cc1cc(S(=O)(=O)[O-])c(S(=O)(=O)[O-])cc1N1N=C(C(=O)[O-])CC1=O. The van der Waals surface area contributed by atoms with Crippen molar-refractivity contribution in [1.82, 2.24) is 0 Å². The van der Waals surface area contributed by atoms with Gasteiger partial charge < -0.3 is 19.0 Å². The molecule has 0 radical (unpaired) electrons. The fourth-order valence-corrected chi connectivity index (χ4v) is 3.80. The average molecular weight is 375 g/mol. The highest BCUT2D eigenvalue weighted by Crippen LogP contribution is 2.32. The Morgan fingerprint density at radius 1 is 1.12 bits per heavy atom. The molecule has 2 rings (SSSR count). The Hall–Kier alpha value is -2.35. The molecule has 1 aromatic rings. The first kappa shape index (κ1) is 18.0. The first-order valence-corrected chi connectivity index (χ1v) is 8.82. The molecule has 0 aromatic heterocycles. The van der Waals surface area contributed by atoms with Crippen molar-refractivity contribution < 1.29 is 40.6 Å². The fraction of sp³-hybridized carbons (Fsp3) is 0.182. The van der Waals surface area contributed by atoms with E-state index >= 15 is 0 Å². The normalized spacial score (nSPS) is 15.5. The third kappa shape index (κ3) is 3.28. The molecule has 1 aliphatic heterocycles. The molecule has 0 bridgehead atoms. The topological polar surface area (TPSA) is 187 Å². The molecule has 0 atom stereocenters. The summed E-state index contributed by atoms with van der Waals surface area (Å²) in [5, 5.41) is 14.7. The lowest BCUT2D eigenvalue weighted by Gasteiger charge is -2.21. The number of aryl methyl sites for hydroxylation is 1. The van der Waals surface area contributed by atoms with Gasteiger partial charge in [-0.05, 0) is 24.6 Å². The maximum absolute atomic E-state index is 11.8. The van der Waals surface area contributed by atoms with E-state index in [0.29, 0.717) is 17.1 Å². The summed E-state index contributed by atoms with van der Waals surface area (Å²) in [4.78, 5) is 19.9. The van der Waals surface area contributed by atoms with Gasteiger partial charge in [-0.25, -0.2) is 16.8 Å². The van der Waals surface area contributed by atoms with Gasteiger partial charge in [-0.15, -0.1) is 0 Å². The highest BCUT2D eigenvalue weighted by atomic mass is 32.2. The average Bonchev–Trinajstić information content (AvgIpc) is 2.78. The number of hydrogen-bond acceptors (Lipinski definition) is 10. The molecule has 0 saturated heterocycles. The lowest BCUT2D eigenvalue weighted by atomic mass is 10.2. The molecule has 13 heteroatoms. The number of aliphatic carboxylic acids is 1. The molecule has 0 spiro atoms. The second-order valence-electron chi connectivity index (χ2n) is 4.71. The smallest absolute Gasteiger partial charge is 0.253 e. The molecule has 0 unspecified atom stereocenters. The van der Waals surface area contributed by atoms with E-state index in [9.17, 15) is 40.6 Å². The summed E-state index contributed by atoms with van der Waals surface area (Å²) >= 11 is 0. The van der Waals surface area contributed by atoms with Crippen LogP contribution in [0.4, 0.5) is 5.69 Å². The number of amides is 1. The number of carboxylic acid groups (broad SMARTS) is 1. The van der Waals surface area contributed by atoms with E-state index in [-0.39, 0.29) is 11.3 Å². The summed E-state index contributed by atoms with van der Waals surface area (Å²) in [6.45, 7) is 1.21. The van der Waals surface area contributed by atoms with Crippen molar-refractivity contribution in [2.75, 3.05) is 5.01 Å². The van der Waals surface area contributed by atoms with Gasteiger partial charge in [-0.2, -0.15) is 10.1 Å². The van der Waals surface area contributed by atoms with Crippen molar-refractivity contribution in [3.8, 4) is 0 Å². The summed E-state index contributed by atoms with van der Waals surface area (Å²) in [7, 11) is -10.7. The molecular formula is C11H7N2O9S2-3. The minimum absolute atomic E-state index is 0.0893. The zero-order valence-corrected chi connectivity index (χ0v) is 13.4. The summed E-state index contributed by atoms with van der Waals surface area (Å²) in [6, 6.07) is 1.09. The van der Waals surface area contributed by atoms with E-state index in [2.05, 4.69) is 5.10 Å². The van der Waals surface area contributed by atoms with Crippen molar-refractivity contribution in [2.45, 2.75) is 23.1 Å². The summed E-state index contributed by atoms with van der Waals surface area (Å²) in [6.07, 6.45) is -0.636. The molecule has 1 amide bonds. The van der Waals surface area contributed by atoms with Gasteiger partial charge in [-0.1, -0.05) is 0 Å². The van der Waals surface area contributed by atoms with E-state index in [1.807, 2.05) is 0 Å². The Balaban J connectivity index is 2.75. The lowest BCUT2D eigenvalue weighted by Crippen LogP contribution is -2.30. The number of anilines is 1. The number of carbonyl (C=O) groups excluding carboxylic acids is 2. The standard InChI is InChI=1S/C11H10N2O9S2/c1-5-2-8(23(17,18)19)9(24(20,21)22)4-7(5)13-10(14)3-6(12-13)11(15)16/h2,4H,3H2,1H3,(H,15,16)(H,17,18,19)(H,20,21,22)/p-3. The quantitative estimate of drug-likeness (QED) is 0.519. The van der Waals surface area contributed by atoms with Crippen molar-refractivity contribution in [3.05, 3.63) is 17.7 Å². The molecule has 0 saturated carbocycles. The molecule has 1 aromatic carbocycles. The Bertz CT molecular complexity index is 993. The van der Waals surface area contributed by atoms with Crippen LogP contribution in [-0.4, -0.2) is 43.5 Å². The third-order valence-electron chi connectivity index (χ3n) is 3.04. The largest absolute Gasteiger partial charge is 0.744 e. The Morgan fingerprint density at radius 3 is 2.04 bits per heavy atom. The fourth-order valence-electron chi connectivity index (χ4n) is 2.00. The first-order valence-electron chi connectivity index (χ1n) is 6.00. The number of rotatable bonds is 4. The number of carbonyl (C=O) groups is 2. The zero-order valence-electron chi connectivity index (χ0n) is 11.7. The van der Waals surface area contributed by atoms with E-state index in [1.165, 1.54) is 6.92 Å². The lowest BCUT2D eigenvalue weighted by molar-refractivity contribution is -0.294. The Morgan fingerprint density at radius 2 is 1.62 bits per heavy atom. The second-order valence-corrected chi connectivity index (χ2v) is 7.41. The number of carboxylic acids is 1. The number of hydrogen-bond donors (Lipinski definition) is 0. The molecule has 1 heterocycles. The van der Waals surface area contributed by atoms with Gasteiger partial charge in [0.15, 0.2) is 0 Å². The van der Waals surface area contributed by atoms with Crippen LogP contribution in [0.5, 0.6) is 0 Å². The predicted octanol–water partition coefficient (Wildman–Crippen LogP) is -2.35. The van der Waals surface area contributed by atoms with Gasteiger partial charge in [0.25, 0.3) is 5.91 Å².